The molecule has 1 aromatic carbocycles. The van der Waals surface area contributed by atoms with Gasteiger partial charge in [0.25, 0.3) is 5.91 Å². The number of nitrogens with zero attached hydrogens (tertiary/aromatic N) is 1. The molecule has 0 aliphatic heterocycles. The van der Waals surface area contributed by atoms with Crippen molar-refractivity contribution in [3.63, 3.8) is 0 Å². The molecule has 0 aromatic heterocycles. The summed E-state index contributed by atoms with van der Waals surface area (Å²) >= 11 is 5.98. The van der Waals surface area contributed by atoms with Crippen molar-refractivity contribution in [2.75, 3.05) is 0 Å². The fourth-order valence-electron chi connectivity index (χ4n) is 2.94. The molecule has 0 spiro atoms. The Bertz CT molecular complexity index is 450. The first-order valence-corrected chi connectivity index (χ1v) is 7.22. The SMILES string of the molecule is O=C(c1cccc(Cl)c1)N(C1CCCC1)C1CC1. The highest BCUT2D eigenvalue weighted by Crippen LogP contribution is 2.35. The monoisotopic (exact) mass is 263 g/mol. The van der Waals surface area contributed by atoms with E-state index >= 15 is 0 Å². The summed E-state index contributed by atoms with van der Waals surface area (Å²) in [6, 6.07) is 8.28. The molecule has 1 amide bonds. The summed E-state index contributed by atoms with van der Waals surface area (Å²) in [4.78, 5) is 14.8. The topological polar surface area (TPSA) is 20.3 Å². The average molecular weight is 264 g/mol. The first kappa shape index (κ1) is 12.0. The molecule has 2 aliphatic carbocycles. The summed E-state index contributed by atoms with van der Waals surface area (Å²) in [5.74, 6) is 0.173. The number of hydrogen-bond donors (Lipinski definition) is 0. The zero-order chi connectivity index (χ0) is 12.5. The van der Waals surface area contributed by atoms with E-state index in [1.54, 1.807) is 6.07 Å². The number of hydrogen-bond acceptors (Lipinski definition) is 1. The van der Waals surface area contributed by atoms with Crippen LogP contribution in [0.15, 0.2) is 24.3 Å². The lowest BCUT2D eigenvalue weighted by Gasteiger charge is -2.29. The molecule has 3 rings (SSSR count). The van der Waals surface area contributed by atoms with Gasteiger partial charge in [-0.25, -0.2) is 0 Å². The molecular formula is C15H18ClNO. The fraction of sp³-hybridized carbons (Fsp3) is 0.533. The Morgan fingerprint density at radius 3 is 2.39 bits per heavy atom. The highest BCUT2D eigenvalue weighted by molar-refractivity contribution is 6.30. The van der Waals surface area contributed by atoms with Crippen LogP contribution in [0.4, 0.5) is 0 Å². The van der Waals surface area contributed by atoms with Crippen molar-refractivity contribution in [3.05, 3.63) is 34.9 Å². The number of carbonyl (C=O) groups is 1. The second-order valence-corrected chi connectivity index (χ2v) is 5.83. The largest absolute Gasteiger partial charge is 0.333 e. The van der Waals surface area contributed by atoms with Gasteiger partial charge in [-0.3, -0.25) is 4.79 Å². The minimum atomic E-state index is 0.173. The highest BCUT2D eigenvalue weighted by Gasteiger charge is 2.38. The van der Waals surface area contributed by atoms with Gasteiger partial charge in [0, 0.05) is 22.7 Å². The minimum absolute atomic E-state index is 0.173. The van der Waals surface area contributed by atoms with Crippen molar-refractivity contribution in [2.45, 2.75) is 50.6 Å². The highest BCUT2D eigenvalue weighted by atomic mass is 35.5. The lowest BCUT2D eigenvalue weighted by atomic mass is 10.1. The first-order valence-electron chi connectivity index (χ1n) is 6.84. The Hall–Kier alpha value is -1.02. The fourth-order valence-corrected chi connectivity index (χ4v) is 3.13. The molecule has 0 heterocycles. The molecule has 0 N–H and O–H groups in total. The maximum Gasteiger partial charge on any atom is 0.254 e. The zero-order valence-corrected chi connectivity index (χ0v) is 11.2. The molecule has 96 valence electrons. The van der Waals surface area contributed by atoms with E-state index in [9.17, 15) is 4.79 Å². The third-order valence-electron chi connectivity index (χ3n) is 3.96. The molecule has 2 nitrogen and oxygen atoms in total. The van der Waals surface area contributed by atoms with Crippen LogP contribution in [0.3, 0.4) is 0 Å². The van der Waals surface area contributed by atoms with E-state index in [1.807, 2.05) is 18.2 Å². The Balaban J connectivity index is 1.83. The predicted octanol–water partition coefficient (Wildman–Crippen LogP) is 3.89. The van der Waals surface area contributed by atoms with Crippen LogP contribution in [0, 0.1) is 0 Å². The Labute approximate surface area is 113 Å². The molecule has 3 heteroatoms. The Kier molecular flexibility index (Phi) is 3.29. The second-order valence-electron chi connectivity index (χ2n) is 5.39. The normalized spacial score (nSPS) is 20.1. The molecule has 18 heavy (non-hydrogen) atoms. The lowest BCUT2D eigenvalue weighted by Crippen LogP contribution is -2.40. The Morgan fingerprint density at radius 1 is 1.11 bits per heavy atom. The third-order valence-corrected chi connectivity index (χ3v) is 4.20. The van der Waals surface area contributed by atoms with Gasteiger partial charge in [0.15, 0.2) is 0 Å². The van der Waals surface area contributed by atoms with Crippen molar-refractivity contribution in [3.8, 4) is 0 Å². The molecular weight excluding hydrogens is 246 g/mol. The van der Waals surface area contributed by atoms with Gasteiger partial charge in [-0.05, 0) is 43.9 Å². The first-order chi connectivity index (χ1) is 8.75. The van der Waals surface area contributed by atoms with Crippen LogP contribution in [-0.4, -0.2) is 22.9 Å². The summed E-state index contributed by atoms with van der Waals surface area (Å²) in [5.41, 5.74) is 0.737. The van der Waals surface area contributed by atoms with Gasteiger partial charge in [-0.15, -0.1) is 0 Å². The molecule has 0 bridgehead atoms. The van der Waals surface area contributed by atoms with Gasteiger partial charge >= 0.3 is 0 Å². The summed E-state index contributed by atoms with van der Waals surface area (Å²) in [6.45, 7) is 0. The van der Waals surface area contributed by atoms with Gasteiger partial charge < -0.3 is 4.90 Å². The molecule has 0 radical (unpaired) electrons. The van der Waals surface area contributed by atoms with E-state index in [0.29, 0.717) is 17.1 Å². The van der Waals surface area contributed by atoms with E-state index in [1.165, 1.54) is 38.5 Å². The molecule has 2 aliphatic rings. The van der Waals surface area contributed by atoms with Crippen molar-refractivity contribution in [1.82, 2.24) is 4.90 Å². The van der Waals surface area contributed by atoms with E-state index < -0.39 is 0 Å². The molecule has 0 saturated heterocycles. The van der Waals surface area contributed by atoms with Crippen LogP contribution in [0.5, 0.6) is 0 Å². The average Bonchev–Trinajstić information content (AvgIpc) is 3.04. The molecule has 2 fully saturated rings. The standard InChI is InChI=1S/C15H18ClNO/c16-12-5-3-4-11(10-12)15(18)17(14-8-9-14)13-6-1-2-7-13/h3-5,10,13-14H,1-2,6-9H2. The summed E-state index contributed by atoms with van der Waals surface area (Å²) in [6.07, 6.45) is 7.20. The van der Waals surface area contributed by atoms with Crippen molar-refractivity contribution >= 4 is 17.5 Å². The quantitative estimate of drug-likeness (QED) is 0.810. The molecule has 0 unspecified atom stereocenters. The van der Waals surface area contributed by atoms with Crippen LogP contribution in [0.1, 0.15) is 48.9 Å². The summed E-state index contributed by atoms with van der Waals surface area (Å²) in [7, 11) is 0. The van der Waals surface area contributed by atoms with Crippen molar-refractivity contribution in [1.29, 1.82) is 0 Å². The number of benzene rings is 1. The van der Waals surface area contributed by atoms with E-state index in [2.05, 4.69) is 4.90 Å². The van der Waals surface area contributed by atoms with Crippen LogP contribution >= 0.6 is 11.6 Å². The van der Waals surface area contributed by atoms with Crippen LogP contribution in [-0.2, 0) is 0 Å². The molecule has 2 saturated carbocycles. The van der Waals surface area contributed by atoms with Gasteiger partial charge in [0.05, 0.1) is 0 Å². The maximum atomic E-state index is 12.6. The molecule has 1 aromatic rings. The maximum absolute atomic E-state index is 12.6. The Morgan fingerprint density at radius 2 is 1.78 bits per heavy atom. The second kappa shape index (κ2) is 4.93. The number of carbonyl (C=O) groups excluding carboxylic acids is 1. The van der Waals surface area contributed by atoms with Gasteiger partial charge in [0.2, 0.25) is 0 Å². The van der Waals surface area contributed by atoms with E-state index in [0.717, 1.165) is 5.56 Å². The third kappa shape index (κ3) is 2.39. The summed E-state index contributed by atoms with van der Waals surface area (Å²) < 4.78 is 0. The lowest BCUT2D eigenvalue weighted by molar-refractivity contribution is 0.0664. The summed E-state index contributed by atoms with van der Waals surface area (Å²) in [5, 5.41) is 0.642. The van der Waals surface area contributed by atoms with Gasteiger partial charge in [0.1, 0.15) is 0 Å². The zero-order valence-electron chi connectivity index (χ0n) is 10.4. The number of amides is 1. The predicted molar refractivity (Wildman–Crippen MR) is 72.9 cm³/mol. The smallest absolute Gasteiger partial charge is 0.254 e. The van der Waals surface area contributed by atoms with E-state index in [4.69, 9.17) is 11.6 Å². The number of rotatable bonds is 3. The van der Waals surface area contributed by atoms with Crippen molar-refractivity contribution in [2.24, 2.45) is 0 Å². The molecule has 0 atom stereocenters. The number of halogens is 1. The van der Waals surface area contributed by atoms with E-state index in [-0.39, 0.29) is 5.91 Å². The van der Waals surface area contributed by atoms with Gasteiger partial charge in [-0.2, -0.15) is 0 Å². The minimum Gasteiger partial charge on any atom is -0.333 e. The van der Waals surface area contributed by atoms with Crippen LogP contribution in [0.2, 0.25) is 5.02 Å². The van der Waals surface area contributed by atoms with Crippen LogP contribution in [0.25, 0.3) is 0 Å². The van der Waals surface area contributed by atoms with Gasteiger partial charge in [-0.1, -0.05) is 30.5 Å². The van der Waals surface area contributed by atoms with Crippen molar-refractivity contribution < 1.29 is 4.79 Å². The van der Waals surface area contributed by atoms with Crippen LogP contribution < -0.4 is 0 Å².